The third kappa shape index (κ3) is 9.52. The van der Waals surface area contributed by atoms with Crippen LogP contribution in [-0.2, 0) is 14.8 Å². The fourth-order valence-corrected chi connectivity index (χ4v) is 11.4. The smallest absolute Gasteiger partial charge is 0.293 e. The number of nitrogens with one attached hydrogen (secondary N) is 3. The van der Waals surface area contributed by atoms with Crippen molar-refractivity contribution in [3.05, 3.63) is 117 Å². The Morgan fingerprint density at radius 2 is 1.78 bits per heavy atom. The Balaban J connectivity index is 0.894. The van der Waals surface area contributed by atoms with E-state index in [9.17, 15) is 23.3 Å². The van der Waals surface area contributed by atoms with Gasteiger partial charge in [-0.3, -0.25) is 24.7 Å². The Morgan fingerprint density at radius 1 is 0.985 bits per heavy atom. The van der Waals surface area contributed by atoms with E-state index < -0.39 is 31.4 Å². The van der Waals surface area contributed by atoms with E-state index in [1.807, 2.05) is 36.4 Å². The molecule has 1 unspecified atom stereocenters. The topological polar surface area (TPSA) is 184 Å². The lowest BCUT2D eigenvalue weighted by molar-refractivity contribution is -0.384. The fraction of sp³-hybridized carbons (Fsp3) is 0.408. The number of nitrogens with zero attached hydrogens (tertiary/aromatic N) is 7. The van der Waals surface area contributed by atoms with Crippen molar-refractivity contribution in [2.24, 2.45) is 5.41 Å². The summed E-state index contributed by atoms with van der Waals surface area (Å²) in [6.45, 7) is 11.7. The first-order valence-electron chi connectivity index (χ1n) is 23.1. The van der Waals surface area contributed by atoms with Gasteiger partial charge in [0.05, 0.1) is 32.8 Å². The molecular weight excluding hydrogens is 892 g/mol. The number of sulfonamides is 1. The second-order valence-electron chi connectivity index (χ2n) is 19.1. The van der Waals surface area contributed by atoms with Gasteiger partial charge in [0.25, 0.3) is 21.6 Å². The summed E-state index contributed by atoms with van der Waals surface area (Å²) in [6, 6.07) is 21.4. The van der Waals surface area contributed by atoms with Gasteiger partial charge < -0.3 is 19.9 Å². The summed E-state index contributed by atoms with van der Waals surface area (Å²) in [5.41, 5.74) is 7.34. The van der Waals surface area contributed by atoms with Crippen molar-refractivity contribution in [2.75, 3.05) is 69.2 Å². The van der Waals surface area contributed by atoms with E-state index in [1.54, 1.807) is 23.1 Å². The van der Waals surface area contributed by atoms with E-state index in [0.717, 1.165) is 120 Å². The molecule has 0 spiro atoms. The minimum absolute atomic E-state index is 0.0445. The van der Waals surface area contributed by atoms with E-state index in [-0.39, 0.29) is 22.7 Å². The van der Waals surface area contributed by atoms with Crippen LogP contribution in [0.2, 0.25) is 5.02 Å². The number of hydrogen-bond acceptors (Lipinski definition) is 12. The lowest BCUT2D eigenvalue weighted by Gasteiger charge is -2.39. The molecule has 16 nitrogen and oxygen atoms in total. The maximum atomic E-state index is 14.3. The minimum atomic E-state index is -4.58. The fourth-order valence-electron chi connectivity index (χ4n) is 10.3. The highest BCUT2D eigenvalue weighted by atomic mass is 35.5. The molecule has 6 aromatic rings. The van der Waals surface area contributed by atoms with Crippen LogP contribution in [0.5, 0.6) is 0 Å². The van der Waals surface area contributed by atoms with Crippen molar-refractivity contribution < 1.29 is 22.9 Å². The lowest BCUT2D eigenvalue weighted by Crippen LogP contribution is -2.47. The molecule has 3 aromatic carbocycles. The molecule has 4 aliphatic rings. The number of carbonyl (C=O) groups excluding carboxylic acids is 1. The Kier molecular flexibility index (Phi) is 12.3. The summed E-state index contributed by atoms with van der Waals surface area (Å²) in [5.74, 6) is -0.907. The Bertz CT molecular complexity index is 2990. The van der Waals surface area contributed by atoms with Crippen molar-refractivity contribution in [2.45, 2.75) is 69.4 Å². The molecule has 1 aliphatic carbocycles. The molecule has 6 heterocycles. The van der Waals surface area contributed by atoms with Crippen LogP contribution in [0.3, 0.4) is 0 Å². The molecule has 3 fully saturated rings. The van der Waals surface area contributed by atoms with E-state index in [0.29, 0.717) is 28.4 Å². The molecule has 0 saturated carbocycles. The predicted octanol–water partition coefficient (Wildman–Crippen LogP) is 8.03. The van der Waals surface area contributed by atoms with E-state index in [2.05, 4.69) is 60.8 Å². The minimum Gasteiger partial charge on any atom is -0.381 e. The number of carbonyl (C=O) groups is 1. The molecule has 0 bridgehead atoms. The molecule has 350 valence electrons. The summed E-state index contributed by atoms with van der Waals surface area (Å²) in [5, 5.41) is 21.9. The van der Waals surface area contributed by atoms with Crippen molar-refractivity contribution in [1.82, 2.24) is 34.3 Å². The van der Waals surface area contributed by atoms with Crippen LogP contribution in [0.4, 0.5) is 17.1 Å². The number of halogens is 1. The molecule has 10 rings (SSSR count). The standard InChI is InChI=1S/C49H55ClN10O6S/c1-49(2)16-11-34(41(28-49)32-3-5-35(50)6-4-32)30-56-19-21-57(22-20-56)38-7-9-40(44(26-38)59-45-25-33-12-17-51-47(33)54-43(45)29-52-59)48(61)55-67(64,65)39-8-10-42(46(27-39)60(62)63)53-36-13-18-58(31-36)37-14-23-66-24-15-37/h3-10,12,17,25-27,29,36-37,53H,11,13-16,18-24,28,30-31H2,1-2H3,(H,51,54)(H,55,61). The van der Waals surface area contributed by atoms with Gasteiger partial charge in [-0.2, -0.15) is 5.10 Å². The number of aromatic amines is 1. The first-order valence-corrected chi connectivity index (χ1v) is 25.0. The van der Waals surface area contributed by atoms with Gasteiger partial charge in [0.2, 0.25) is 0 Å². The van der Waals surface area contributed by atoms with Gasteiger partial charge >= 0.3 is 0 Å². The van der Waals surface area contributed by atoms with Crippen molar-refractivity contribution in [3.63, 3.8) is 0 Å². The maximum absolute atomic E-state index is 14.3. The van der Waals surface area contributed by atoms with Crippen LogP contribution < -0.4 is 14.9 Å². The highest BCUT2D eigenvalue weighted by molar-refractivity contribution is 7.90. The molecule has 0 radical (unpaired) electrons. The lowest BCUT2D eigenvalue weighted by atomic mass is 9.72. The van der Waals surface area contributed by atoms with E-state index >= 15 is 0 Å². The Labute approximate surface area is 394 Å². The van der Waals surface area contributed by atoms with Gasteiger partial charge in [-0.05, 0) is 110 Å². The second-order valence-corrected chi connectivity index (χ2v) is 21.2. The van der Waals surface area contributed by atoms with Crippen LogP contribution in [0.25, 0.3) is 33.3 Å². The zero-order chi connectivity index (χ0) is 46.5. The molecule has 3 saturated heterocycles. The Hall–Kier alpha value is -5.85. The quantitative estimate of drug-likeness (QED) is 0.0794. The van der Waals surface area contributed by atoms with E-state index in [1.165, 1.54) is 28.8 Å². The average molecular weight is 948 g/mol. The highest BCUT2D eigenvalue weighted by Gasteiger charge is 2.33. The molecule has 18 heteroatoms. The van der Waals surface area contributed by atoms with Gasteiger partial charge in [-0.1, -0.05) is 43.2 Å². The zero-order valence-electron chi connectivity index (χ0n) is 37.7. The number of nitro groups is 1. The van der Waals surface area contributed by atoms with Crippen LogP contribution >= 0.6 is 11.6 Å². The van der Waals surface area contributed by atoms with Crippen molar-refractivity contribution >= 4 is 72.2 Å². The summed E-state index contributed by atoms with van der Waals surface area (Å²) >= 11 is 6.27. The number of pyridine rings is 1. The van der Waals surface area contributed by atoms with Gasteiger partial charge in [0, 0.05) is 99.5 Å². The first-order chi connectivity index (χ1) is 32.3. The molecule has 3 aliphatic heterocycles. The van der Waals surface area contributed by atoms with Crippen molar-refractivity contribution in [1.29, 1.82) is 0 Å². The number of nitro benzene ring substituents is 1. The first kappa shape index (κ1) is 45.0. The average Bonchev–Trinajstić information content (AvgIpc) is 4.09. The summed E-state index contributed by atoms with van der Waals surface area (Å²) in [4.78, 5) is 40.7. The second kappa shape index (κ2) is 18.3. The predicted molar refractivity (Wildman–Crippen MR) is 261 cm³/mol. The summed E-state index contributed by atoms with van der Waals surface area (Å²) in [6.07, 6.45) is 9.31. The molecule has 1 amide bonds. The number of ether oxygens (including phenoxy) is 1. The zero-order valence-corrected chi connectivity index (χ0v) is 39.3. The number of hydrogen-bond donors (Lipinski definition) is 3. The summed E-state index contributed by atoms with van der Waals surface area (Å²) in [7, 11) is -4.58. The SMILES string of the molecule is CC1(C)CCC(CN2CCN(c3ccc(C(=O)NS(=O)(=O)c4ccc(NC5CCN(C6CCOCC6)C5)c([N+](=O)[O-])c4)c(-n4ncc5nc6[nH]ccc6cc54)c3)CC2)=C(c2ccc(Cl)cc2)C1. The van der Waals surface area contributed by atoms with Crippen molar-refractivity contribution in [3.8, 4) is 5.69 Å². The third-order valence-electron chi connectivity index (χ3n) is 14.0. The number of aromatic nitrogens is 4. The largest absolute Gasteiger partial charge is 0.381 e. The monoisotopic (exact) mass is 946 g/mol. The highest BCUT2D eigenvalue weighted by Crippen LogP contribution is 2.43. The number of H-pyrrole nitrogens is 1. The molecule has 1 atom stereocenters. The third-order valence-corrected chi connectivity index (χ3v) is 15.6. The van der Waals surface area contributed by atoms with E-state index in [4.69, 9.17) is 21.3 Å². The molecule has 3 N–H and O–H groups in total. The molecule has 3 aromatic heterocycles. The van der Waals surface area contributed by atoms with Gasteiger partial charge in [0.1, 0.15) is 16.9 Å². The number of likely N-dealkylation sites (tertiary alicyclic amines) is 1. The number of fused-ring (bicyclic) bond motifs is 2. The van der Waals surface area contributed by atoms with Crippen LogP contribution in [0.1, 0.15) is 68.3 Å². The molecule has 67 heavy (non-hydrogen) atoms. The van der Waals surface area contributed by atoms with Gasteiger partial charge in [-0.25, -0.2) is 22.8 Å². The van der Waals surface area contributed by atoms with Gasteiger partial charge in [0.15, 0.2) is 0 Å². The van der Waals surface area contributed by atoms with Crippen LogP contribution in [0.15, 0.2) is 95.7 Å². The van der Waals surface area contributed by atoms with Crippen LogP contribution in [-0.4, -0.2) is 120 Å². The number of amides is 1. The Morgan fingerprint density at radius 3 is 2.55 bits per heavy atom. The number of allylic oxidation sites excluding steroid dienone is 1. The summed E-state index contributed by atoms with van der Waals surface area (Å²) < 4.78 is 37.3. The molecular formula is C49H55ClN10O6S. The number of anilines is 2. The normalized spacial score (nSPS) is 19.9. The number of rotatable bonds is 12. The van der Waals surface area contributed by atoms with Crippen LogP contribution in [0, 0.1) is 15.5 Å². The number of benzene rings is 3. The van der Waals surface area contributed by atoms with Gasteiger partial charge in [-0.15, -0.1) is 0 Å². The number of piperazine rings is 1. The maximum Gasteiger partial charge on any atom is 0.293 e.